The van der Waals surface area contributed by atoms with E-state index in [1.165, 1.54) is 152 Å². The number of nitrogens with zero attached hydrogens (tertiary/aromatic N) is 3. The molecular weight excluding hydrogens is 786 g/mol. The molecule has 2 saturated carbocycles. The van der Waals surface area contributed by atoms with Gasteiger partial charge in [-0.1, -0.05) is 143 Å². The van der Waals surface area contributed by atoms with Crippen molar-refractivity contribution in [1.29, 1.82) is 0 Å². The molecule has 5 aromatic carbocycles. The minimum atomic E-state index is -0.149. The minimum absolute atomic E-state index is 0.0151. The molecule has 7 aliphatic rings. The van der Waals surface area contributed by atoms with Crippen LogP contribution in [0, 0.1) is 13.8 Å². The predicted octanol–water partition coefficient (Wildman–Crippen LogP) is 13.8. The quantitative estimate of drug-likeness (QED) is 0.152. The van der Waals surface area contributed by atoms with Crippen LogP contribution in [0.3, 0.4) is 0 Å². The van der Waals surface area contributed by atoms with Gasteiger partial charge in [-0.2, -0.15) is 0 Å². The van der Waals surface area contributed by atoms with Gasteiger partial charge >= 0.3 is 0 Å². The van der Waals surface area contributed by atoms with Crippen LogP contribution in [0.1, 0.15) is 179 Å². The summed E-state index contributed by atoms with van der Waals surface area (Å²) in [4.78, 5) is 5.89. The number of rotatable bonds is 1. The second-order valence-corrected chi connectivity index (χ2v) is 25.8. The molecule has 65 heavy (non-hydrogen) atoms. The Hall–Kier alpha value is -4.70. The van der Waals surface area contributed by atoms with Crippen molar-refractivity contribution in [2.24, 2.45) is 0 Å². The lowest BCUT2D eigenvalue weighted by Crippen LogP contribution is -2.64. The second kappa shape index (κ2) is 12.1. The minimum Gasteiger partial charge on any atom is -0.335 e. The van der Waals surface area contributed by atoms with Gasteiger partial charge in [-0.3, -0.25) is 0 Å². The van der Waals surface area contributed by atoms with Crippen molar-refractivity contribution in [3.63, 3.8) is 0 Å². The lowest BCUT2D eigenvalue weighted by Gasteiger charge is -2.53. The van der Waals surface area contributed by atoms with E-state index in [1.54, 1.807) is 11.1 Å². The standard InChI is InChI=1S/C61H70BN3/c1-35-27-36(2)49-46(28-35)64(61(14)26-20-18-24-59(49,61)12)39-33-47-51-48(34-39)65-54-43(58(11)23-17-19-25-60(58,65)13)30-38(56(6,7)8)32-45(54)62(51)44-31-37(55(3,4)5)29-41-50-53(63(47)52(41)44)40-21-15-16-22-42(40)57(50,9)10/h15-16,21-22,27-34H,17-20,23-26H2,1-14H3. The van der Waals surface area contributed by atoms with Gasteiger partial charge in [0.15, 0.2) is 0 Å². The maximum atomic E-state index is 2.99. The van der Waals surface area contributed by atoms with Crippen LogP contribution in [0.15, 0.2) is 72.8 Å². The lowest BCUT2D eigenvalue weighted by atomic mass is 9.33. The van der Waals surface area contributed by atoms with Crippen LogP contribution in [0.25, 0.3) is 27.8 Å². The summed E-state index contributed by atoms with van der Waals surface area (Å²) in [6.45, 7) is 35.0. The van der Waals surface area contributed by atoms with Crippen LogP contribution in [-0.4, -0.2) is 22.4 Å². The number of aromatic nitrogens is 1. The van der Waals surface area contributed by atoms with E-state index in [-0.39, 0.29) is 44.9 Å². The molecule has 3 aliphatic carbocycles. The van der Waals surface area contributed by atoms with Gasteiger partial charge in [0.1, 0.15) is 0 Å². The van der Waals surface area contributed by atoms with Crippen LogP contribution in [0.5, 0.6) is 0 Å². The number of benzene rings is 5. The molecule has 4 atom stereocenters. The average molecular weight is 856 g/mol. The highest BCUT2D eigenvalue weighted by Crippen LogP contribution is 2.65. The highest BCUT2D eigenvalue weighted by atomic mass is 15.3. The summed E-state index contributed by atoms with van der Waals surface area (Å²) in [5.74, 6) is 0. The molecule has 4 heteroatoms. The number of anilines is 4. The molecule has 4 aliphatic heterocycles. The fraction of sp³-hybridized carbons (Fsp3) is 0.475. The summed E-state index contributed by atoms with van der Waals surface area (Å²) in [5, 5.41) is 1.45. The normalized spacial score (nSPS) is 27.3. The number of hydrogen-bond acceptors (Lipinski definition) is 2. The molecule has 4 unspecified atom stereocenters. The Morgan fingerprint density at radius 1 is 0.569 bits per heavy atom. The first-order chi connectivity index (χ1) is 30.6. The van der Waals surface area contributed by atoms with Crippen LogP contribution in [-0.2, 0) is 27.1 Å². The zero-order valence-electron chi connectivity index (χ0n) is 42.0. The Kier molecular flexibility index (Phi) is 7.53. The van der Waals surface area contributed by atoms with E-state index < -0.39 is 0 Å². The molecule has 6 aromatic rings. The summed E-state index contributed by atoms with van der Waals surface area (Å²) < 4.78 is 2.83. The molecular formula is C61H70BN3. The lowest BCUT2D eigenvalue weighted by molar-refractivity contribution is 0.193. The van der Waals surface area contributed by atoms with E-state index in [2.05, 4.69) is 184 Å². The van der Waals surface area contributed by atoms with Crippen molar-refractivity contribution < 1.29 is 0 Å². The van der Waals surface area contributed by atoms with E-state index in [9.17, 15) is 0 Å². The van der Waals surface area contributed by atoms with Crippen molar-refractivity contribution in [2.75, 3.05) is 9.80 Å². The molecule has 0 radical (unpaired) electrons. The van der Waals surface area contributed by atoms with Crippen LogP contribution in [0.2, 0.25) is 0 Å². The molecule has 1 aromatic heterocycles. The fourth-order valence-electron chi connectivity index (χ4n) is 16.1. The SMILES string of the molecule is Cc1cc(C)c2c(c1)N(c1cc3c4c(c1)-n1c5c(c6cc(C(C)(C)C)cc(c61)B4c1cc(C(C)(C)C)cc4c1N3C1(C)CCCCC41C)C(C)(C)c1ccccc1-5)C1(C)CCCCC21C. The Labute approximate surface area is 390 Å². The highest BCUT2D eigenvalue weighted by Gasteiger charge is 2.63. The van der Waals surface area contributed by atoms with Crippen LogP contribution < -0.4 is 26.2 Å². The molecule has 5 heterocycles. The monoisotopic (exact) mass is 856 g/mol. The summed E-state index contributed by atoms with van der Waals surface area (Å²) in [5.41, 5.74) is 27.7. The van der Waals surface area contributed by atoms with E-state index in [4.69, 9.17) is 0 Å². The van der Waals surface area contributed by atoms with E-state index >= 15 is 0 Å². The smallest absolute Gasteiger partial charge is 0.252 e. The summed E-state index contributed by atoms with van der Waals surface area (Å²) >= 11 is 0. The highest BCUT2D eigenvalue weighted by molar-refractivity contribution is 7.00. The Bertz CT molecular complexity index is 3170. The average Bonchev–Trinajstić information content (AvgIpc) is 3.85. The van der Waals surface area contributed by atoms with Crippen molar-refractivity contribution in [1.82, 2.24) is 4.57 Å². The van der Waals surface area contributed by atoms with Gasteiger partial charge < -0.3 is 14.4 Å². The van der Waals surface area contributed by atoms with E-state index in [0.717, 1.165) is 0 Å². The Balaban J connectivity index is 1.24. The maximum absolute atomic E-state index is 2.99. The zero-order chi connectivity index (χ0) is 45.5. The summed E-state index contributed by atoms with van der Waals surface area (Å²) in [7, 11) is 0. The molecule has 332 valence electrons. The predicted molar refractivity (Wildman–Crippen MR) is 278 cm³/mol. The number of hydrogen-bond donors (Lipinski definition) is 0. The van der Waals surface area contributed by atoms with Gasteiger partial charge in [0.25, 0.3) is 6.71 Å². The topological polar surface area (TPSA) is 11.4 Å². The molecule has 3 nitrogen and oxygen atoms in total. The first-order valence-electron chi connectivity index (χ1n) is 25.5. The van der Waals surface area contributed by atoms with Crippen molar-refractivity contribution >= 4 is 56.8 Å². The molecule has 0 saturated heterocycles. The second-order valence-electron chi connectivity index (χ2n) is 25.8. The van der Waals surface area contributed by atoms with Crippen molar-refractivity contribution in [2.45, 2.75) is 186 Å². The van der Waals surface area contributed by atoms with E-state index in [1.807, 2.05) is 0 Å². The first kappa shape index (κ1) is 40.6. The van der Waals surface area contributed by atoms with Gasteiger partial charge in [0.05, 0.1) is 16.8 Å². The van der Waals surface area contributed by atoms with Gasteiger partial charge in [-0.25, -0.2) is 0 Å². The van der Waals surface area contributed by atoms with E-state index in [0.29, 0.717) is 0 Å². The number of aryl methyl sites for hydroxylation is 2. The molecule has 0 bridgehead atoms. The molecule has 0 N–H and O–H groups in total. The maximum Gasteiger partial charge on any atom is 0.252 e. The van der Waals surface area contributed by atoms with Gasteiger partial charge in [-0.05, 0) is 149 Å². The number of fused-ring (bicyclic) bond motifs is 15. The van der Waals surface area contributed by atoms with Crippen molar-refractivity contribution in [3.05, 3.63) is 117 Å². The molecule has 13 rings (SSSR count). The van der Waals surface area contributed by atoms with Crippen LogP contribution in [0.4, 0.5) is 22.7 Å². The van der Waals surface area contributed by atoms with Gasteiger partial charge in [0.2, 0.25) is 0 Å². The third-order valence-corrected chi connectivity index (χ3v) is 19.8. The van der Waals surface area contributed by atoms with Gasteiger partial charge in [-0.15, -0.1) is 0 Å². The summed E-state index contributed by atoms with van der Waals surface area (Å²) in [6.07, 6.45) is 9.97. The Morgan fingerprint density at radius 2 is 1.18 bits per heavy atom. The molecule has 0 amide bonds. The zero-order valence-corrected chi connectivity index (χ0v) is 42.0. The Morgan fingerprint density at radius 3 is 1.89 bits per heavy atom. The molecule has 0 spiro atoms. The third-order valence-electron chi connectivity index (χ3n) is 19.8. The van der Waals surface area contributed by atoms with Crippen LogP contribution >= 0.6 is 0 Å². The largest absolute Gasteiger partial charge is 0.335 e. The van der Waals surface area contributed by atoms with Gasteiger partial charge in [0, 0.05) is 61.1 Å². The summed E-state index contributed by atoms with van der Waals surface area (Å²) in [6, 6.07) is 30.5. The molecule has 2 fully saturated rings. The van der Waals surface area contributed by atoms with Crippen molar-refractivity contribution in [3.8, 4) is 16.9 Å². The first-order valence-corrected chi connectivity index (χ1v) is 25.5. The third kappa shape index (κ3) is 4.58. The fourth-order valence-corrected chi connectivity index (χ4v) is 16.1.